The van der Waals surface area contributed by atoms with Crippen molar-refractivity contribution in [2.45, 2.75) is 0 Å². The summed E-state index contributed by atoms with van der Waals surface area (Å²) in [5.74, 6) is 0. The Kier molecular flexibility index (Phi) is 5.25. The summed E-state index contributed by atoms with van der Waals surface area (Å²) in [6.07, 6.45) is 0. The molecule has 0 N–H and O–H groups in total. The van der Waals surface area contributed by atoms with E-state index < -0.39 is 12.1 Å². The number of nitrogens with zero attached hydrogens (tertiary/aromatic N) is 2. The zero-order chi connectivity index (χ0) is 38.0. The van der Waals surface area contributed by atoms with Gasteiger partial charge >= 0.3 is 0 Å². The number of para-hydroxylation sites is 4. The molecular formula is C46H32N2. The molecule has 48 heavy (non-hydrogen) atoms. The maximum absolute atomic E-state index is 8.89. The summed E-state index contributed by atoms with van der Waals surface area (Å²) >= 11 is 0. The van der Waals surface area contributed by atoms with Crippen LogP contribution in [-0.2, 0) is 0 Å². The van der Waals surface area contributed by atoms with Crippen LogP contribution >= 0.6 is 0 Å². The highest BCUT2D eigenvalue weighted by Gasteiger charge is 2.21. The van der Waals surface area contributed by atoms with Crippen molar-refractivity contribution < 1.29 is 9.60 Å². The summed E-state index contributed by atoms with van der Waals surface area (Å²) in [5, 5.41) is 2.29. The third-order valence-electron chi connectivity index (χ3n) is 8.89. The lowest BCUT2D eigenvalue weighted by atomic mass is 9.96. The van der Waals surface area contributed by atoms with E-state index in [1.807, 2.05) is 54.6 Å². The Balaban J connectivity index is 1.25. The van der Waals surface area contributed by atoms with Gasteiger partial charge in [-0.3, -0.25) is 0 Å². The highest BCUT2D eigenvalue weighted by molar-refractivity contribution is 6.17. The van der Waals surface area contributed by atoms with Crippen molar-refractivity contribution >= 4 is 49.6 Å². The minimum absolute atomic E-state index is 0.0614. The van der Waals surface area contributed by atoms with Gasteiger partial charge in [0.2, 0.25) is 0 Å². The van der Waals surface area contributed by atoms with Crippen LogP contribution in [0.25, 0.3) is 60.5 Å². The standard InChI is InChI=1S/C46H32N2/c1-3-17-35(18-4-1)47(37-31-29-34(30-32-37)39-24-13-16-33-15-7-8-21-38(33)39)43-26-11-9-22-40(43)41-25-14-28-45-46(41)42-23-10-12-27-44(42)48(45)36-19-5-2-6-20-36/h1-32H/i7D,8D,13D,15D,16D,21D,24D. The Morgan fingerprint density at radius 1 is 0.438 bits per heavy atom. The van der Waals surface area contributed by atoms with Crippen LogP contribution in [0.3, 0.4) is 0 Å². The van der Waals surface area contributed by atoms with Gasteiger partial charge in [-0.15, -0.1) is 0 Å². The molecule has 1 aromatic heterocycles. The number of hydrogen-bond donors (Lipinski definition) is 0. The van der Waals surface area contributed by atoms with Crippen LogP contribution in [0.2, 0.25) is 0 Å². The summed E-state index contributed by atoms with van der Waals surface area (Å²) in [6.45, 7) is 0. The molecule has 0 fully saturated rings. The van der Waals surface area contributed by atoms with Crippen LogP contribution in [-0.4, -0.2) is 4.57 Å². The summed E-state index contributed by atoms with van der Waals surface area (Å²) in [4.78, 5) is 2.18. The van der Waals surface area contributed by atoms with Crippen molar-refractivity contribution in [3.05, 3.63) is 194 Å². The van der Waals surface area contributed by atoms with Gasteiger partial charge in [-0.25, -0.2) is 0 Å². The van der Waals surface area contributed by atoms with E-state index >= 15 is 0 Å². The van der Waals surface area contributed by atoms with Crippen molar-refractivity contribution in [3.8, 4) is 27.9 Å². The van der Waals surface area contributed by atoms with Gasteiger partial charge in [0.05, 0.1) is 26.3 Å². The third kappa shape index (κ3) is 4.66. The topological polar surface area (TPSA) is 8.17 Å². The van der Waals surface area contributed by atoms with Gasteiger partial charge in [0.15, 0.2) is 0 Å². The van der Waals surface area contributed by atoms with Gasteiger partial charge in [-0.1, -0.05) is 139 Å². The molecule has 0 aliphatic heterocycles. The number of fused-ring (bicyclic) bond motifs is 4. The predicted molar refractivity (Wildman–Crippen MR) is 204 cm³/mol. The number of hydrogen-bond acceptors (Lipinski definition) is 1. The van der Waals surface area contributed by atoms with Gasteiger partial charge in [0.1, 0.15) is 0 Å². The van der Waals surface area contributed by atoms with E-state index in [2.05, 4.69) is 107 Å². The summed E-state index contributed by atoms with van der Waals surface area (Å²) in [5.41, 5.74) is 8.80. The molecular weight excluding hydrogens is 581 g/mol. The average Bonchev–Trinajstić information content (AvgIpc) is 3.57. The molecule has 0 bridgehead atoms. The van der Waals surface area contributed by atoms with E-state index in [9.17, 15) is 0 Å². The Morgan fingerprint density at radius 3 is 1.94 bits per heavy atom. The van der Waals surface area contributed by atoms with Crippen LogP contribution in [0.5, 0.6) is 0 Å². The first-order valence-corrected chi connectivity index (χ1v) is 15.9. The zero-order valence-corrected chi connectivity index (χ0v) is 25.8. The smallest absolute Gasteiger partial charge is 0.0629 e. The normalized spacial score (nSPS) is 13.4. The molecule has 226 valence electrons. The molecule has 0 atom stereocenters. The van der Waals surface area contributed by atoms with Crippen molar-refractivity contribution in [2.24, 2.45) is 0 Å². The second-order valence-corrected chi connectivity index (χ2v) is 11.6. The van der Waals surface area contributed by atoms with E-state index in [4.69, 9.17) is 9.60 Å². The van der Waals surface area contributed by atoms with Crippen LogP contribution in [0, 0.1) is 0 Å². The number of benzene rings is 8. The lowest BCUT2D eigenvalue weighted by molar-refractivity contribution is 1.18. The first-order valence-electron chi connectivity index (χ1n) is 19.4. The first kappa shape index (κ1) is 21.4. The average molecular weight is 620 g/mol. The fourth-order valence-electron chi connectivity index (χ4n) is 6.81. The molecule has 0 saturated heterocycles. The SMILES string of the molecule is [2H]c1c([2H])c([2H])c2c(-c3ccc(N(c4ccccc4)c4ccccc4-c4cccc5c4c4ccccc4n5-c4ccccc4)cc3)c([2H])c([2H])c([2H])c2c1[2H]. The minimum Gasteiger partial charge on any atom is -0.310 e. The molecule has 0 amide bonds. The number of aromatic nitrogens is 1. The summed E-state index contributed by atoms with van der Waals surface area (Å²) in [7, 11) is 0. The molecule has 0 aliphatic rings. The molecule has 8 aromatic carbocycles. The summed E-state index contributed by atoms with van der Waals surface area (Å²) < 4.78 is 62.2. The quantitative estimate of drug-likeness (QED) is 0.180. The molecule has 0 saturated carbocycles. The summed E-state index contributed by atoms with van der Waals surface area (Å²) in [6, 6.07) is 48.6. The molecule has 2 heteroatoms. The van der Waals surface area contributed by atoms with Crippen LogP contribution in [0.1, 0.15) is 9.60 Å². The number of rotatable bonds is 6. The van der Waals surface area contributed by atoms with E-state index in [0.29, 0.717) is 5.56 Å². The van der Waals surface area contributed by atoms with Gasteiger partial charge < -0.3 is 9.47 Å². The van der Waals surface area contributed by atoms with E-state index in [1.165, 1.54) is 0 Å². The van der Waals surface area contributed by atoms with E-state index in [-0.39, 0.29) is 46.5 Å². The molecule has 2 nitrogen and oxygen atoms in total. The number of anilines is 3. The second-order valence-electron chi connectivity index (χ2n) is 11.6. The maximum atomic E-state index is 8.89. The largest absolute Gasteiger partial charge is 0.310 e. The van der Waals surface area contributed by atoms with Crippen molar-refractivity contribution in [1.29, 1.82) is 0 Å². The lowest BCUT2D eigenvalue weighted by Crippen LogP contribution is -2.11. The molecule has 1 heterocycles. The predicted octanol–water partition coefficient (Wildman–Crippen LogP) is 12.7. The van der Waals surface area contributed by atoms with Gasteiger partial charge in [-0.05, 0) is 82.1 Å². The maximum Gasteiger partial charge on any atom is 0.0629 e. The fraction of sp³-hybridized carbons (Fsp3) is 0. The van der Waals surface area contributed by atoms with Crippen LogP contribution in [0.15, 0.2) is 194 Å². The second kappa shape index (κ2) is 11.8. The third-order valence-corrected chi connectivity index (χ3v) is 8.89. The Morgan fingerprint density at radius 2 is 1.08 bits per heavy atom. The lowest BCUT2D eigenvalue weighted by Gasteiger charge is -2.28. The Hall–Kier alpha value is -6.38. The Labute approximate surface area is 290 Å². The first-order chi connectivity index (χ1) is 26.8. The highest BCUT2D eigenvalue weighted by atomic mass is 15.1. The van der Waals surface area contributed by atoms with Crippen molar-refractivity contribution in [3.63, 3.8) is 0 Å². The molecule has 0 spiro atoms. The monoisotopic (exact) mass is 619 g/mol. The molecule has 0 radical (unpaired) electrons. The fourth-order valence-corrected chi connectivity index (χ4v) is 6.81. The van der Waals surface area contributed by atoms with Gasteiger partial charge in [0, 0.05) is 33.4 Å². The zero-order valence-electron chi connectivity index (χ0n) is 32.8. The van der Waals surface area contributed by atoms with Gasteiger partial charge in [0.25, 0.3) is 0 Å². The minimum atomic E-state index is -0.470. The van der Waals surface area contributed by atoms with Crippen LogP contribution in [0.4, 0.5) is 17.1 Å². The van der Waals surface area contributed by atoms with Crippen molar-refractivity contribution in [2.75, 3.05) is 4.90 Å². The molecule has 0 aliphatic carbocycles. The van der Waals surface area contributed by atoms with E-state index in [1.54, 1.807) is 0 Å². The molecule has 9 rings (SSSR count). The van der Waals surface area contributed by atoms with Gasteiger partial charge in [-0.2, -0.15) is 0 Å². The Bertz CT molecular complexity index is 2930. The molecule has 9 aromatic rings. The molecule has 0 unspecified atom stereocenters. The highest BCUT2D eigenvalue weighted by Crippen LogP contribution is 2.45. The van der Waals surface area contributed by atoms with Crippen molar-refractivity contribution in [1.82, 2.24) is 4.57 Å². The van der Waals surface area contributed by atoms with E-state index in [0.717, 1.165) is 55.7 Å². The van der Waals surface area contributed by atoms with Crippen LogP contribution < -0.4 is 4.90 Å².